The van der Waals surface area contributed by atoms with E-state index in [0.717, 1.165) is 10.1 Å². The molecule has 0 saturated carbocycles. The van der Waals surface area contributed by atoms with Crippen LogP contribution < -0.4 is 10.6 Å². The summed E-state index contributed by atoms with van der Waals surface area (Å²) in [4.78, 5) is 7.84. The predicted molar refractivity (Wildman–Crippen MR) is 92.3 cm³/mol. The summed E-state index contributed by atoms with van der Waals surface area (Å²) in [7, 11) is 1.56. The van der Waals surface area contributed by atoms with Crippen molar-refractivity contribution in [2.75, 3.05) is 7.05 Å². The van der Waals surface area contributed by atoms with Crippen LogP contribution in [0.2, 0.25) is 0 Å². The predicted octanol–water partition coefficient (Wildman–Crippen LogP) is 2.90. The molecule has 0 aliphatic carbocycles. The summed E-state index contributed by atoms with van der Waals surface area (Å²) in [6.45, 7) is -2.18. The second-order valence-electron chi connectivity index (χ2n) is 4.44. The Hall–Kier alpha value is -1.78. The molecule has 1 aromatic carbocycles. The molecule has 0 spiro atoms. The molecular weight excluding hydrogens is 422 g/mol. The van der Waals surface area contributed by atoms with Gasteiger partial charge in [0.05, 0.1) is 6.54 Å². The third-order valence-electron chi connectivity index (χ3n) is 2.95. The molecule has 0 saturated heterocycles. The van der Waals surface area contributed by atoms with Gasteiger partial charge in [0.1, 0.15) is 11.6 Å². The Bertz CT molecular complexity index is 645. The largest absolute Gasteiger partial charge is 0.352 e. The first-order valence-electron chi connectivity index (χ1n) is 6.59. The quantitative estimate of drug-likeness (QED) is 0.428. The van der Waals surface area contributed by atoms with Crippen LogP contribution in [0.5, 0.6) is 0 Å². The van der Waals surface area contributed by atoms with E-state index in [1.165, 1.54) is 24.5 Å². The van der Waals surface area contributed by atoms with Gasteiger partial charge in [0.15, 0.2) is 5.96 Å². The zero-order valence-electron chi connectivity index (χ0n) is 12.3. The van der Waals surface area contributed by atoms with Gasteiger partial charge in [0.2, 0.25) is 0 Å². The highest BCUT2D eigenvalue weighted by molar-refractivity contribution is 14.0. The fraction of sp³-hybridized carbons (Fsp3) is 0.286. The second-order valence-corrected chi connectivity index (χ2v) is 4.44. The monoisotopic (exact) mass is 439 g/mol. The Morgan fingerprint density at radius 3 is 2.70 bits per heavy atom. The van der Waals surface area contributed by atoms with Gasteiger partial charge in [-0.05, 0) is 17.7 Å². The van der Waals surface area contributed by atoms with Crippen LogP contribution in [0.3, 0.4) is 0 Å². The van der Waals surface area contributed by atoms with Gasteiger partial charge in [-0.25, -0.2) is 9.37 Å². The zero-order chi connectivity index (χ0) is 15.9. The van der Waals surface area contributed by atoms with Gasteiger partial charge in [-0.15, -0.1) is 24.0 Å². The van der Waals surface area contributed by atoms with E-state index in [9.17, 15) is 13.2 Å². The summed E-state index contributed by atoms with van der Waals surface area (Å²) in [5.41, 5.74) is 0.747. The van der Waals surface area contributed by atoms with Crippen molar-refractivity contribution in [3.05, 3.63) is 53.9 Å². The lowest BCUT2D eigenvalue weighted by Crippen LogP contribution is -2.37. The normalized spacial score (nSPS) is 11.3. The van der Waals surface area contributed by atoms with E-state index in [1.54, 1.807) is 19.2 Å². The van der Waals surface area contributed by atoms with Gasteiger partial charge < -0.3 is 10.6 Å². The molecule has 0 amide bonds. The van der Waals surface area contributed by atoms with E-state index in [-0.39, 0.29) is 42.2 Å². The van der Waals surface area contributed by atoms with E-state index in [1.807, 2.05) is 0 Å². The van der Waals surface area contributed by atoms with Crippen molar-refractivity contribution in [2.45, 2.75) is 19.6 Å². The maximum absolute atomic E-state index is 13.1. The Labute approximate surface area is 149 Å². The zero-order valence-corrected chi connectivity index (χ0v) is 14.7. The number of nitrogens with one attached hydrogen (secondary N) is 2. The summed E-state index contributed by atoms with van der Waals surface area (Å²) < 4.78 is 39.2. The lowest BCUT2D eigenvalue weighted by atomic mass is 10.2. The number of nitrogens with zero attached hydrogens (tertiary/aromatic N) is 3. The Balaban J connectivity index is 0.00000264. The standard InChI is InChI=1S/C14H16F3N5.HI/c1-18-14(20-8-10-3-2-4-11(15)7-10)21-9-12-19-5-6-22(12)13(16)17;/h2-7,13H,8-9H2,1H3,(H2,18,20,21);1H. The maximum Gasteiger partial charge on any atom is 0.319 e. The van der Waals surface area contributed by atoms with E-state index in [4.69, 9.17) is 0 Å². The highest BCUT2D eigenvalue weighted by atomic mass is 127. The number of hydrogen-bond acceptors (Lipinski definition) is 2. The van der Waals surface area contributed by atoms with Crippen LogP contribution in [-0.2, 0) is 13.1 Å². The summed E-state index contributed by atoms with van der Waals surface area (Å²) in [6, 6.07) is 6.15. The van der Waals surface area contributed by atoms with Crippen molar-refractivity contribution in [1.82, 2.24) is 20.2 Å². The number of benzene rings is 1. The Morgan fingerprint density at radius 2 is 2.04 bits per heavy atom. The molecule has 1 aromatic heterocycles. The van der Waals surface area contributed by atoms with Crippen molar-refractivity contribution in [1.29, 1.82) is 0 Å². The number of hydrogen-bond donors (Lipinski definition) is 2. The van der Waals surface area contributed by atoms with Crippen LogP contribution in [0.1, 0.15) is 17.9 Å². The lowest BCUT2D eigenvalue weighted by Gasteiger charge is -2.12. The number of aromatic nitrogens is 2. The fourth-order valence-corrected chi connectivity index (χ4v) is 1.87. The van der Waals surface area contributed by atoms with Crippen LogP contribution in [0.4, 0.5) is 13.2 Å². The molecule has 9 heteroatoms. The number of rotatable bonds is 5. The fourth-order valence-electron chi connectivity index (χ4n) is 1.87. The van der Waals surface area contributed by atoms with Crippen LogP contribution in [0.15, 0.2) is 41.7 Å². The smallest absolute Gasteiger partial charge is 0.319 e. The minimum atomic E-state index is -2.64. The first-order valence-corrected chi connectivity index (χ1v) is 6.59. The number of halogens is 4. The van der Waals surface area contributed by atoms with Gasteiger partial charge in [-0.1, -0.05) is 12.1 Å². The Morgan fingerprint density at radius 1 is 1.30 bits per heavy atom. The van der Waals surface area contributed by atoms with E-state index >= 15 is 0 Å². The molecule has 0 aliphatic heterocycles. The number of alkyl halides is 2. The highest BCUT2D eigenvalue weighted by Crippen LogP contribution is 2.11. The highest BCUT2D eigenvalue weighted by Gasteiger charge is 2.11. The van der Waals surface area contributed by atoms with Crippen molar-refractivity contribution in [2.24, 2.45) is 4.99 Å². The Kier molecular flexibility index (Phi) is 7.86. The molecule has 0 unspecified atom stereocenters. The van der Waals surface area contributed by atoms with E-state index in [0.29, 0.717) is 12.5 Å². The molecule has 0 radical (unpaired) electrons. The average Bonchev–Trinajstić information content (AvgIpc) is 2.96. The third-order valence-corrected chi connectivity index (χ3v) is 2.95. The molecule has 1 heterocycles. The van der Waals surface area contributed by atoms with E-state index in [2.05, 4.69) is 20.6 Å². The molecule has 0 bridgehead atoms. The molecule has 0 aliphatic rings. The number of guanidine groups is 1. The summed E-state index contributed by atoms with van der Waals surface area (Å²) >= 11 is 0. The minimum Gasteiger partial charge on any atom is -0.352 e. The van der Waals surface area contributed by atoms with Gasteiger partial charge >= 0.3 is 6.55 Å². The summed E-state index contributed by atoms with van der Waals surface area (Å²) in [5, 5.41) is 5.85. The SMILES string of the molecule is CN=C(NCc1cccc(F)c1)NCc1nccn1C(F)F.I. The maximum atomic E-state index is 13.1. The van der Waals surface area contributed by atoms with Crippen molar-refractivity contribution in [3.8, 4) is 0 Å². The van der Waals surface area contributed by atoms with E-state index < -0.39 is 6.55 Å². The van der Waals surface area contributed by atoms with Crippen molar-refractivity contribution in [3.63, 3.8) is 0 Å². The molecule has 2 N–H and O–H groups in total. The molecule has 0 atom stereocenters. The van der Waals surface area contributed by atoms with Crippen LogP contribution in [0, 0.1) is 5.82 Å². The van der Waals surface area contributed by atoms with Gasteiger partial charge in [-0.2, -0.15) is 8.78 Å². The first-order chi connectivity index (χ1) is 10.6. The average molecular weight is 439 g/mol. The molecule has 0 fully saturated rings. The van der Waals surface area contributed by atoms with Crippen molar-refractivity contribution < 1.29 is 13.2 Å². The van der Waals surface area contributed by atoms with Crippen LogP contribution >= 0.6 is 24.0 Å². The van der Waals surface area contributed by atoms with Gasteiger partial charge in [0, 0.05) is 26.0 Å². The van der Waals surface area contributed by atoms with Crippen LogP contribution in [-0.4, -0.2) is 22.6 Å². The molecule has 2 aromatic rings. The first kappa shape index (κ1) is 19.3. The van der Waals surface area contributed by atoms with Crippen molar-refractivity contribution >= 4 is 29.9 Å². The molecular formula is C14H17F3IN5. The molecule has 126 valence electrons. The molecule has 23 heavy (non-hydrogen) atoms. The minimum absolute atomic E-state index is 0. The number of aliphatic imine (C=N–C) groups is 1. The molecule has 5 nitrogen and oxygen atoms in total. The second kappa shape index (κ2) is 9.38. The summed E-state index contributed by atoms with van der Waals surface area (Å²) in [5.74, 6) is 0.290. The summed E-state index contributed by atoms with van der Waals surface area (Å²) in [6.07, 6.45) is 2.52. The number of imidazole rings is 1. The lowest BCUT2D eigenvalue weighted by molar-refractivity contribution is 0.0668. The molecule has 2 rings (SSSR count). The van der Waals surface area contributed by atoms with Crippen LogP contribution in [0.25, 0.3) is 0 Å². The third kappa shape index (κ3) is 5.73. The van der Waals surface area contributed by atoms with Gasteiger partial charge in [-0.3, -0.25) is 9.56 Å². The topological polar surface area (TPSA) is 54.2 Å². The van der Waals surface area contributed by atoms with Gasteiger partial charge in [0.25, 0.3) is 0 Å².